The van der Waals surface area contributed by atoms with E-state index in [9.17, 15) is 4.57 Å². The number of anilines is 2. The maximum absolute atomic E-state index is 13.4. The van der Waals surface area contributed by atoms with Gasteiger partial charge in [-0.15, -0.1) is 0 Å². The molecule has 7 heteroatoms. The molecule has 1 aromatic carbocycles. The number of aryl methyl sites for hydroxylation is 1. The Hall–Kier alpha value is -2.20. The summed E-state index contributed by atoms with van der Waals surface area (Å²) in [4.78, 5) is 14.4. The van der Waals surface area contributed by atoms with Crippen LogP contribution in [0, 0.1) is 0 Å². The van der Waals surface area contributed by atoms with Crippen molar-refractivity contribution in [3.63, 3.8) is 0 Å². The Balaban J connectivity index is 1.66. The number of rotatable bonds is 9. The van der Waals surface area contributed by atoms with Crippen molar-refractivity contribution < 1.29 is 4.57 Å². The lowest BCUT2D eigenvalue weighted by molar-refractivity contribution is 0.579. The van der Waals surface area contributed by atoms with E-state index in [4.69, 9.17) is 9.97 Å². The lowest BCUT2D eigenvalue weighted by Gasteiger charge is -2.18. The van der Waals surface area contributed by atoms with E-state index < -0.39 is 7.14 Å². The van der Waals surface area contributed by atoms with Crippen LogP contribution in [0.15, 0.2) is 30.6 Å². The third-order valence-corrected chi connectivity index (χ3v) is 9.89. The Kier molecular flexibility index (Phi) is 6.76. The molecule has 0 spiro atoms. The first-order valence-electron chi connectivity index (χ1n) is 11.8. The molecule has 4 rings (SSSR count). The second kappa shape index (κ2) is 9.52. The molecule has 0 amide bonds. The zero-order valence-corrected chi connectivity index (χ0v) is 19.9. The maximum Gasteiger partial charge on any atom is 0.165 e. The van der Waals surface area contributed by atoms with Crippen LogP contribution in [-0.4, -0.2) is 31.8 Å². The van der Waals surface area contributed by atoms with Crippen LogP contribution >= 0.6 is 7.14 Å². The molecular formula is C24H34N5OP. The second-order valence-electron chi connectivity index (χ2n) is 8.62. The van der Waals surface area contributed by atoms with Crippen molar-refractivity contribution in [2.75, 3.05) is 17.6 Å². The van der Waals surface area contributed by atoms with Gasteiger partial charge in [0.1, 0.15) is 13.0 Å². The van der Waals surface area contributed by atoms with E-state index >= 15 is 0 Å². The summed E-state index contributed by atoms with van der Waals surface area (Å²) in [6.07, 6.45) is 10.1. The largest absolute Gasteiger partial charge is 0.338 e. The number of hydrogen-bond donors (Lipinski definition) is 1. The van der Waals surface area contributed by atoms with Gasteiger partial charge < -0.3 is 14.4 Å². The number of nitrogens with one attached hydrogen (secondary N) is 1. The molecule has 1 aliphatic carbocycles. The van der Waals surface area contributed by atoms with Gasteiger partial charge in [-0.3, -0.25) is 0 Å². The van der Waals surface area contributed by atoms with Gasteiger partial charge in [0, 0.05) is 35.8 Å². The van der Waals surface area contributed by atoms with Gasteiger partial charge in [-0.25, -0.2) is 15.0 Å². The van der Waals surface area contributed by atoms with Gasteiger partial charge in [0.25, 0.3) is 0 Å². The standard InChI is InChI=1S/C24H34N5OP/c1-4-15-31(30,16-5-2)20-13-11-19(12-14-20)26-23-21-24(29(6-3)17-25-21)28-22(27-23)18-9-7-8-10-18/h11-14,17-18H,4-10,15-16H2,1-3H3,(H,26,27,28). The van der Waals surface area contributed by atoms with E-state index in [-0.39, 0.29) is 0 Å². The number of imidazole rings is 1. The summed E-state index contributed by atoms with van der Waals surface area (Å²) >= 11 is 0. The quantitative estimate of drug-likeness (QED) is 0.411. The van der Waals surface area contributed by atoms with Crippen molar-refractivity contribution in [1.82, 2.24) is 19.5 Å². The van der Waals surface area contributed by atoms with Crippen molar-refractivity contribution >= 4 is 35.1 Å². The molecule has 0 aliphatic heterocycles. The van der Waals surface area contributed by atoms with Gasteiger partial charge >= 0.3 is 0 Å². The van der Waals surface area contributed by atoms with E-state index in [0.717, 1.165) is 78.3 Å². The topological polar surface area (TPSA) is 72.7 Å². The van der Waals surface area contributed by atoms with Crippen LogP contribution in [0.2, 0.25) is 0 Å². The zero-order chi connectivity index (χ0) is 21.8. The fraction of sp³-hybridized carbons (Fsp3) is 0.542. The first kappa shape index (κ1) is 22.0. The van der Waals surface area contributed by atoms with E-state index in [2.05, 4.69) is 35.6 Å². The van der Waals surface area contributed by atoms with E-state index in [1.807, 2.05) is 30.6 Å². The molecule has 3 aromatic rings. The third kappa shape index (κ3) is 4.55. The minimum absolute atomic E-state index is 0.432. The summed E-state index contributed by atoms with van der Waals surface area (Å²) in [5.41, 5.74) is 2.64. The summed E-state index contributed by atoms with van der Waals surface area (Å²) in [7, 11) is -2.31. The molecule has 0 saturated heterocycles. The van der Waals surface area contributed by atoms with Crippen molar-refractivity contribution in [2.45, 2.75) is 71.8 Å². The smallest absolute Gasteiger partial charge is 0.165 e. The minimum Gasteiger partial charge on any atom is -0.338 e. The number of nitrogens with zero attached hydrogens (tertiary/aromatic N) is 4. The van der Waals surface area contributed by atoms with E-state index in [1.165, 1.54) is 12.8 Å². The summed E-state index contributed by atoms with van der Waals surface area (Å²) in [5, 5.41) is 4.46. The van der Waals surface area contributed by atoms with Crippen LogP contribution in [0.3, 0.4) is 0 Å². The Morgan fingerprint density at radius 2 is 1.71 bits per heavy atom. The molecule has 0 atom stereocenters. The second-order valence-corrected chi connectivity index (χ2v) is 11.8. The Bertz CT molecular complexity index is 1060. The van der Waals surface area contributed by atoms with Crippen molar-refractivity contribution in [2.24, 2.45) is 0 Å². The fourth-order valence-corrected chi connectivity index (χ4v) is 7.57. The maximum atomic E-state index is 13.4. The van der Waals surface area contributed by atoms with Crippen LogP contribution in [0.1, 0.15) is 71.0 Å². The Morgan fingerprint density at radius 3 is 2.32 bits per heavy atom. The number of benzene rings is 1. The van der Waals surface area contributed by atoms with Gasteiger partial charge in [0.2, 0.25) is 0 Å². The van der Waals surface area contributed by atoms with E-state index in [1.54, 1.807) is 0 Å². The molecule has 166 valence electrons. The first-order chi connectivity index (χ1) is 15.1. The van der Waals surface area contributed by atoms with Gasteiger partial charge in [-0.1, -0.05) is 26.7 Å². The Labute approximate surface area is 185 Å². The fourth-order valence-electron chi connectivity index (χ4n) is 4.69. The van der Waals surface area contributed by atoms with Crippen LogP contribution in [-0.2, 0) is 11.1 Å². The van der Waals surface area contributed by atoms with Crippen molar-refractivity contribution in [3.05, 3.63) is 36.4 Å². The summed E-state index contributed by atoms with van der Waals surface area (Å²) in [6, 6.07) is 8.09. The zero-order valence-electron chi connectivity index (χ0n) is 19.0. The highest BCUT2D eigenvalue weighted by atomic mass is 31.2. The highest BCUT2D eigenvalue weighted by molar-refractivity contribution is 7.71. The monoisotopic (exact) mass is 439 g/mol. The van der Waals surface area contributed by atoms with Crippen LogP contribution in [0.5, 0.6) is 0 Å². The molecule has 0 bridgehead atoms. The van der Waals surface area contributed by atoms with Gasteiger partial charge in [0.05, 0.1) is 6.33 Å². The summed E-state index contributed by atoms with van der Waals surface area (Å²) in [5.74, 6) is 2.12. The molecule has 0 radical (unpaired) electrons. The predicted molar refractivity (Wildman–Crippen MR) is 129 cm³/mol. The number of aromatic nitrogens is 4. The highest BCUT2D eigenvalue weighted by Crippen LogP contribution is 2.45. The molecule has 1 fully saturated rings. The predicted octanol–water partition coefficient (Wildman–Crippen LogP) is 6.06. The molecule has 31 heavy (non-hydrogen) atoms. The summed E-state index contributed by atoms with van der Waals surface area (Å²) < 4.78 is 15.5. The normalized spacial score (nSPS) is 15.1. The van der Waals surface area contributed by atoms with Gasteiger partial charge in [-0.2, -0.15) is 0 Å². The lowest BCUT2D eigenvalue weighted by Crippen LogP contribution is -2.11. The minimum atomic E-state index is -2.31. The van der Waals surface area contributed by atoms with Crippen molar-refractivity contribution in [1.29, 1.82) is 0 Å². The number of fused-ring (bicyclic) bond motifs is 1. The van der Waals surface area contributed by atoms with Crippen LogP contribution in [0.25, 0.3) is 11.2 Å². The lowest BCUT2D eigenvalue weighted by atomic mass is 10.1. The summed E-state index contributed by atoms with van der Waals surface area (Å²) in [6.45, 7) is 7.15. The van der Waals surface area contributed by atoms with E-state index in [0.29, 0.717) is 5.92 Å². The first-order valence-corrected chi connectivity index (χ1v) is 13.8. The molecule has 0 unspecified atom stereocenters. The highest BCUT2D eigenvalue weighted by Gasteiger charge is 2.24. The molecule has 6 nitrogen and oxygen atoms in total. The molecule has 1 N–H and O–H groups in total. The molecule has 1 saturated carbocycles. The molecule has 1 aliphatic rings. The molecule has 2 heterocycles. The average molecular weight is 440 g/mol. The van der Waals surface area contributed by atoms with Crippen LogP contribution in [0.4, 0.5) is 11.5 Å². The Morgan fingerprint density at radius 1 is 1.03 bits per heavy atom. The SMILES string of the molecule is CCCP(=O)(CCC)c1ccc(Nc2nc(C3CCCC3)nc3c2ncn3CC)cc1. The average Bonchev–Trinajstić information content (AvgIpc) is 3.44. The van der Waals surface area contributed by atoms with Gasteiger partial charge in [0.15, 0.2) is 17.0 Å². The van der Waals surface area contributed by atoms with Crippen molar-refractivity contribution in [3.8, 4) is 0 Å². The number of hydrogen-bond acceptors (Lipinski definition) is 5. The molecule has 2 aromatic heterocycles. The van der Waals surface area contributed by atoms with Gasteiger partial charge in [-0.05, 0) is 56.9 Å². The van der Waals surface area contributed by atoms with Crippen LogP contribution < -0.4 is 10.6 Å². The third-order valence-electron chi connectivity index (χ3n) is 6.31. The molecular weight excluding hydrogens is 405 g/mol.